The lowest BCUT2D eigenvalue weighted by Gasteiger charge is -2.11. The van der Waals surface area contributed by atoms with Crippen LogP contribution >= 0.6 is 0 Å². The van der Waals surface area contributed by atoms with Crippen LogP contribution in [0.15, 0.2) is 72.1 Å². The first kappa shape index (κ1) is 19.5. The number of carbonyl (C=O) groups excluding carboxylic acids is 1. The van der Waals surface area contributed by atoms with Gasteiger partial charge in [-0.05, 0) is 42.0 Å². The second kappa shape index (κ2) is 9.09. The smallest absolute Gasteiger partial charge is 0.311 e. The van der Waals surface area contributed by atoms with Crippen LogP contribution in [0, 0.1) is 10.1 Å². The van der Waals surface area contributed by atoms with E-state index in [0.29, 0.717) is 22.6 Å². The number of hydrogen-bond acceptors (Lipinski definition) is 7. The Bertz CT molecular complexity index is 1050. The van der Waals surface area contributed by atoms with E-state index in [9.17, 15) is 14.9 Å². The molecule has 1 amide bonds. The third-order valence-electron chi connectivity index (χ3n) is 3.79. The number of nitro benzene ring substituents is 1. The Labute approximate surface area is 165 Å². The van der Waals surface area contributed by atoms with Crippen LogP contribution < -0.4 is 14.9 Å². The minimum atomic E-state index is -0.520. The fourth-order valence-corrected chi connectivity index (χ4v) is 2.39. The summed E-state index contributed by atoms with van der Waals surface area (Å²) in [6.07, 6.45) is 4.47. The van der Waals surface area contributed by atoms with Crippen LogP contribution in [0.4, 0.5) is 5.69 Å². The molecule has 3 rings (SSSR count). The van der Waals surface area contributed by atoms with Crippen molar-refractivity contribution in [3.63, 3.8) is 0 Å². The number of para-hydroxylation sites is 2. The minimum Gasteiger partial charge on any atom is -0.493 e. The monoisotopic (exact) mass is 392 g/mol. The zero-order chi connectivity index (χ0) is 20.6. The SMILES string of the molecule is COc1cc(/C=N\NC(=O)c2ccncc2)ccc1Oc1ccccc1[N+](=O)[O-]. The van der Waals surface area contributed by atoms with E-state index in [1.54, 1.807) is 42.5 Å². The molecule has 29 heavy (non-hydrogen) atoms. The number of rotatable bonds is 7. The van der Waals surface area contributed by atoms with E-state index in [1.165, 1.54) is 37.9 Å². The van der Waals surface area contributed by atoms with Crippen LogP contribution in [-0.4, -0.2) is 29.1 Å². The van der Waals surface area contributed by atoms with Crippen molar-refractivity contribution in [3.8, 4) is 17.2 Å². The molecule has 0 saturated carbocycles. The van der Waals surface area contributed by atoms with Gasteiger partial charge in [-0.1, -0.05) is 12.1 Å². The van der Waals surface area contributed by atoms with Gasteiger partial charge in [-0.25, -0.2) is 5.43 Å². The van der Waals surface area contributed by atoms with Crippen molar-refractivity contribution >= 4 is 17.8 Å². The number of pyridine rings is 1. The summed E-state index contributed by atoms with van der Waals surface area (Å²) in [5.74, 6) is 0.390. The first-order valence-electron chi connectivity index (χ1n) is 8.41. The lowest BCUT2D eigenvalue weighted by Crippen LogP contribution is -2.17. The lowest BCUT2D eigenvalue weighted by molar-refractivity contribution is -0.385. The molecule has 0 aliphatic carbocycles. The lowest BCUT2D eigenvalue weighted by atomic mass is 10.2. The number of nitrogens with zero attached hydrogens (tertiary/aromatic N) is 3. The van der Waals surface area contributed by atoms with Crippen LogP contribution in [0.25, 0.3) is 0 Å². The molecule has 0 fully saturated rings. The molecule has 2 aromatic carbocycles. The van der Waals surface area contributed by atoms with Crippen molar-refractivity contribution in [2.75, 3.05) is 7.11 Å². The highest BCUT2D eigenvalue weighted by Gasteiger charge is 2.16. The summed E-state index contributed by atoms with van der Waals surface area (Å²) in [5, 5.41) is 15.0. The number of ether oxygens (including phenoxy) is 2. The van der Waals surface area contributed by atoms with Crippen molar-refractivity contribution in [2.24, 2.45) is 5.10 Å². The van der Waals surface area contributed by atoms with Gasteiger partial charge in [0.15, 0.2) is 11.5 Å². The summed E-state index contributed by atoms with van der Waals surface area (Å²) >= 11 is 0. The topological polar surface area (TPSA) is 116 Å². The Hall–Kier alpha value is -4.27. The molecular weight excluding hydrogens is 376 g/mol. The van der Waals surface area contributed by atoms with Crippen LogP contribution in [0.1, 0.15) is 15.9 Å². The van der Waals surface area contributed by atoms with E-state index >= 15 is 0 Å². The second-order valence-electron chi connectivity index (χ2n) is 5.67. The summed E-state index contributed by atoms with van der Waals surface area (Å²) in [7, 11) is 1.45. The first-order valence-corrected chi connectivity index (χ1v) is 8.41. The van der Waals surface area contributed by atoms with Gasteiger partial charge in [-0.2, -0.15) is 5.10 Å². The van der Waals surface area contributed by atoms with Crippen molar-refractivity contribution < 1.29 is 19.2 Å². The van der Waals surface area contributed by atoms with Gasteiger partial charge in [0, 0.05) is 24.0 Å². The van der Waals surface area contributed by atoms with Crippen molar-refractivity contribution in [2.45, 2.75) is 0 Å². The molecule has 0 aliphatic rings. The second-order valence-corrected chi connectivity index (χ2v) is 5.67. The fourth-order valence-electron chi connectivity index (χ4n) is 2.39. The normalized spacial score (nSPS) is 10.5. The van der Waals surface area contributed by atoms with E-state index in [-0.39, 0.29) is 17.3 Å². The third-order valence-corrected chi connectivity index (χ3v) is 3.79. The van der Waals surface area contributed by atoms with Gasteiger partial charge in [0.2, 0.25) is 5.75 Å². The van der Waals surface area contributed by atoms with E-state index in [0.717, 1.165) is 0 Å². The zero-order valence-electron chi connectivity index (χ0n) is 15.3. The number of amides is 1. The molecule has 9 heteroatoms. The number of hydrazone groups is 1. The molecule has 0 unspecified atom stereocenters. The van der Waals surface area contributed by atoms with Gasteiger partial charge in [-0.3, -0.25) is 19.9 Å². The van der Waals surface area contributed by atoms with Gasteiger partial charge < -0.3 is 9.47 Å². The number of nitro groups is 1. The Balaban J connectivity index is 1.74. The van der Waals surface area contributed by atoms with Crippen molar-refractivity contribution in [1.82, 2.24) is 10.4 Å². The molecule has 9 nitrogen and oxygen atoms in total. The molecule has 0 atom stereocenters. The number of methoxy groups -OCH3 is 1. The summed E-state index contributed by atoms with van der Waals surface area (Å²) in [4.78, 5) is 26.4. The number of hydrogen-bond donors (Lipinski definition) is 1. The molecule has 0 bridgehead atoms. The molecule has 0 spiro atoms. The van der Waals surface area contributed by atoms with Crippen LogP contribution in [0.3, 0.4) is 0 Å². The highest BCUT2D eigenvalue weighted by atomic mass is 16.6. The average Bonchev–Trinajstić information content (AvgIpc) is 2.75. The molecule has 3 aromatic rings. The molecule has 1 aromatic heterocycles. The summed E-state index contributed by atoms with van der Waals surface area (Å²) in [6.45, 7) is 0. The molecule has 0 radical (unpaired) electrons. The van der Waals surface area contributed by atoms with Gasteiger partial charge in [-0.15, -0.1) is 0 Å². The standard InChI is InChI=1S/C20H16N4O5/c1-28-19-12-14(13-22-23-20(25)15-8-10-21-11-9-15)6-7-18(19)29-17-5-3-2-4-16(17)24(26)27/h2-13H,1H3,(H,23,25)/b22-13-. The zero-order valence-corrected chi connectivity index (χ0v) is 15.3. The molecular formula is C20H16N4O5. The number of nitrogens with one attached hydrogen (secondary N) is 1. The molecule has 1 N–H and O–H groups in total. The van der Waals surface area contributed by atoms with Crippen LogP contribution in [0.5, 0.6) is 17.2 Å². The highest BCUT2D eigenvalue weighted by molar-refractivity contribution is 5.94. The van der Waals surface area contributed by atoms with E-state index in [4.69, 9.17) is 9.47 Å². The van der Waals surface area contributed by atoms with Gasteiger partial charge in [0.05, 0.1) is 18.2 Å². The fraction of sp³-hybridized carbons (Fsp3) is 0.0500. The van der Waals surface area contributed by atoms with E-state index < -0.39 is 4.92 Å². The molecule has 146 valence electrons. The molecule has 1 heterocycles. The Kier molecular flexibility index (Phi) is 6.11. The van der Waals surface area contributed by atoms with Crippen LogP contribution in [-0.2, 0) is 0 Å². The van der Waals surface area contributed by atoms with Crippen molar-refractivity contribution in [1.29, 1.82) is 0 Å². The summed E-state index contributed by atoms with van der Waals surface area (Å²) in [5.41, 5.74) is 3.33. The highest BCUT2D eigenvalue weighted by Crippen LogP contribution is 2.36. The third kappa shape index (κ3) is 4.92. The maximum Gasteiger partial charge on any atom is 0.311 e. The average molecular weight is 392 g/mol. The van der Waals surface area contributed by atoms with Crippen molar-refractivity contribution in [3.05, 3.63) is 88.2 Å². The van der Waals surface area contributed by atoms with Gasteiger partial charge in [0.1, 0.15) is 0 Å². The minimum absolute atomic E-state index is 0.0989. The number of aromatic nitrogens is 1. The maximum absolute atomic E-state index is 11.9. The van der Waals surface area contributed by atoms with Gasteiger partial charge in [0.25, 0.3) is 5.91 Å². The number of benzene rings is 2. The predicted octanol–water partition coefficient (Wildman–Crippen LogP) is 3.55. The summed E-state index contributed by atoms with van der Waals surface area (Å²) < 4.78 is 11.0. The Morgan fingerprint density at radius 2 is 1.86 bits per heavy atom. The Morgan fingerprint density at radius 1 is 1.10 bits per heavy atom. The molecule has 0 saturated heterocycles. The summed E-state index contributed by atoms with van der Waals surface area (Å²) in [6, 6.07) is 14.1. The maximum atomic E-state index is 11.9. The quantitative estimate of drug-likeness (QED) is 0.373. The Morgan fingerprint density at radius 3 is 2.59 bits per heavy atom. The molecule has 0 aliphatic heterocycles. The van der Waals surface area contributed by atoms with Gasteiger partial charge >= 0.3 is 5.69 Å². The predicted molar refractivity (Wildman–Crippen MR) is 105 cm³/mol. The first-order chi connectivity index (χ1) is 14.1. The van der Waals surface area contributed by atoms with E-state index in [2.05, 4.69) is 15.5 Å². The largest absolute Gasteiger partial charge is 0.493 e. The van der Waals surface area contributed by atoms with Crippen LogP contribution in [0.2, 0.25) is 0 Å². The number of carbonyl (C=O) groups is 1. The van der Waals surface area contributed by atoms with E-state index in [1.807, 2.05) is 0 Å².